The van der Waals surface area contributed by atoms with Crippen LogP contribution in [0.25, 0.3) is 0 Å². The van der Waals surface area contributed by atoms with Crippen molar-refractivity contribution < 1.29 is 14.3 Å². The van der Waals surface area contributed by atoms with Crippen molar-refractivity contribution in [2.45, 2.75) is 25.8 Å². The van der Waals surface area contributed by atoms with E-state index in [2.05, 4.69) is 27.5 Å². The molecule has 1 aliphatic heterocycles. The molecule has 1 aromatic heterocycles. The maximum atomic E-state index is 12.2. The molecule has 0 aromatic carbocycles. The molecule has 1 aliphatic rings. The summed E-state index contributed by atoms with van der Waals surface area (Å²) in [6.45, 7) is 2.91. The van der Waals surface area contributed by atoms with E-state index in [1.807, 2.05) is 0 Å². The van der Waals surface area contributed by atoms with Gasteiger partial charge in [-0.1, -0.05) is 6.92 Å². The van der Waals surface area contributed by atoms with Gasteiger partial charge in [-0.05, 0) is 25.3 Å². The fourth-order valence-corrected chi connectivity index (χ4v) is 2.26. The molecule has 0 radical (unpaired) electrons. The monoisotopic (exact) mass is 280 g/mol. The Morgan fingerprint density at radius 3 is 2.55 bits per heavy atom. The van der Waals surface area contributed by atoms with Crippen molar-refractivity contribution in [3.05, 3.63) is 6.07 Å². The summed E-state index contributed by atoms with van der Waals surface area (Å²) in [7, 11) is 3.00. The third-order valence-electron chi connectivity index (χ3n) is 3.38. The summed E-state index contributed by atoms with van der Waals surface area (Å²) in [5.41, 5.74) is 0. The third-order valence-corrected chi connectivity index (χ3v) is 3.38. The number of carbonyl (C=O) groups is 1. The smallest absolute Gasteiger partial charge is 0.244 e. The molecular formula is C13H20N4O3. The minimum absolute atomic E-state index is 0.132. The van der Waals surface area contributed by atoms with Gasteiger partial charge in [0, 0.05) is 0 Å². The highest BCUT2D eigenvalue weighted by Crippen LogP contribution is 2.19. The van der Waals surface area contributed by atoms with Crippen LogP contribution < -0.4 is 20.1 Å². The first kappa shape index (κ1) is 14.5. The average Bonchev–Trinajstić information content (AvgIpc) is 2.47. The first-order valence-corrected chi connectivity index (χ1v) is 6.65. The Kier molecular flexibility index (Phi) is 4.73. The lowest BCUT2D eigenvalue weighted by Crippen LogP contribution is -2.48. The van der Waals surface area contributed by atoms with E-state index < -0.39 is 0 Å². The topological polar surface area (TPSA) is 85.4 Å². The Morgan fingerprint density at radius 1 is 1.35 bits per heavy atom. The number of nitrogens with one attached hydrogen (secondary N) is 2. The molecule has 0 aliphatic carbocycles. The molecule has 0 saturated carbocycles. The molecule has 1 aromatic rings. The number of methoxy groups -OCH3 is 2. The molecule has 1 fully saturated rings. The van der Waals surface area contributed by atoms with Gasteiger partial charge < -0.3 is 14.8 Å². The summed E-state index contributed by atoms with van der Waals surface area (Å²) in [4.78, 5) is 20.4. The zero-order valence-electron chi connectivity index (χ0n) is 12.0. The normalized spacial score (nSPS) is 22.1. The van der Waals surface area contributed by atoms with Gasteiger partial charge in [-0.3, -0.25) is 10.1 Å². The van der Waals surface area contributed by atoms with E-state index in [1.54, 1.807) is 6.07 Å². The van der Waals surface area contributed by atoms with Gasteiger partial charge in [0.05, 0.1) is 26.3 Å². The Bertz CT molecular complexity index is 458. The maximum Gasteiger partial charge on any atom is 0.244 e. The first-order chi connectivity index (χ1) is 9.63. The summed E-state index contributed by atoms with van der Waals surface area (Å²) < 4.78 is 10.1. The van der Waals surface area contributed by atoms with Gasteiger partial charge in [0.1, 0.15) is 0 Å². The number of hydrogen-bond donors (Lipinski definition) is 2. The summed E-state index contributed by atoms with van der Waals surface area (Å²) in [5.74, 6) is 1.03. The fourth-order valence-electron chi connectivity index (χ4n) is 2.26. The second-order valence-corrected chi connectivity index (χ2v) is 4.82. The number of aromatic nitrogens is 2. The number of rotatable bonds is 4. The van der Waals surface area contributed by atoms with Crippen LogP contribution in [0.3, 0.4) is 0 Å². The highest BCUT2D eigenvalue weighted by Gasteiger charge is 2.28. The van der Waals surface area contributed by atoms with Crippen LogP contribution in [-0.4, -0.2) is 42.7 Å². The number of amides is 1. The number of anilines is 1. The number of nitrogens with zero attached hydrogens (tertiary/aromatic N) is 2. The number of carbonyl (C=O) groups excluding carboxylic acids is 1. The number of hydrogen-bond acceptors (Lipinski definition) is 6. The van der Waals surface area contributed by atoms with Crippen LogP contribution in [0.2, 0.25) is 0 Å². The highest BCUT2D eigenvalue weighted by molar-refractivity contribution is 5.93. The van der Waals surface area contributed by atoms with E-state index in [0.717, 1.165) is 19.4 Å². The average molecular weight is 280 g/mol. The predicted octanol–water partition coefficient (Wildman–Crippen LogP) is 0.820. The van der Waals surface area contributed by atoms with Gasteiger partial charge in [0.15, 0.2) is 0 Å². The second kappa shape index (κ2) is 6.51. The molecular weight excluding hydrogens is 260 g/mol. The Balaban J connectivity index is 2.10. The van der Waals surface area contributed by atoms with Gasteiger partial charge in [0.2, 0.25) is 23.6 Å². The largest absolute Gasteiger partial charge is 0.481 e. The molecule has 2 unspecified atom stereocenters. The van der Waals surface area contributed by atoms with E-state index >= 15 is 0 Å². The van der Waals surface area contributed by atoms with E-state index in [4.69, 9.17) is 9.47 Å². The summed E-state index contributed by atoms with van der Waals surface area (Å²) in [6.07, 6.45) is 2.13. The minimum atomic E-state index is -0.218. The number of piperidine rings is 1. The van der Waals surface area contributed by atoms with Crippen LogP contribution in [0.15, 0.2) is 6.07 Å². The SMILES string of the molecule is COc1cc(OC)nc(NC(=O)C2NCCCC2C)n1. The van der Waals surface area contributed by atoms with Gasteiger partial charge in [-0.2, -0.15) is 9.97 Å². The van der Waals surface area contributed by atoms with Crippen molar-refractivity contribution in [1.82, 2.24) is 15.3 Å². The molecule has 1 saturated heterocycles. The summed E-state index contributed by atoms with van der Waals surface area (Å²) >= 11 is 0. The molecule has 7 heteroatoms. The van der Waals surface area contributed by atoms with Crippen LogP contribution in [0, 0.1) is 5.92 Å². The quantitative estimate of drug-likeness (QED) is 0.849. The lowest BCUT2D eigenvalue weighted by molar-refractivity contribution is -0.119. The van der Waals surface area contributed by atoms with Crippen molar-refractivity contribution in [3.8, 4) is 11.8 Å². The lowest BCUT2D eigenvalue weighted by Gasteiger charge is -2.28. The van der Waals surface area contributed by atoms with Gasteiger partial charge >= 0.3 is 0 Å². The van der Waals surface area contributed by atoms with Crippen molar-refractivity contribution in [2.75, 3.05) is 26.1 Å². The van der Waals surface area contributed by atoms with Crippen molar-refractivity contribution in [3.63, 3.8) is 0 Å². The maximum absolute atomic E-state index is 12.2. The van der Waals surface area contributed by atoms with Gasteiger partial charge in [-0.15, -0.1) is 0 Å². The molecule has 2 atom stereocenters. The Morgan fingerprint density at radius 2 is 2.00 bits per heavy atom. The third kappa shape index (κ3) is 3.36. The predicted molar refractivity (Wildman–Crippen MR) is 74.0 cm³/mol. The van der Waals surface area contributed by atoms with Crippen LogP contribution in [-0.2, 0) is 4.79 Å². The molecule has 2 N–H and O–H groups in total. The van der Waals surface area contributed by atoms with Crippen molar-refractivity contribution in [1.29, 1.82) is 0 Å². The lowest BCUT2D eigenvalue weighted by atomic mass is 9.92. The molecule has 110 valence electrons. The second-order valence-electron chi connectivity index (χ2n) is 4.82. The molecule has 20 heavy (non-hydrogen) atoms. The standard InChI is InChI=1S/C13H20N4O3/c1-8-5-4-6-14-11(8)12(18)17-13-15-9(19-2)7-10(16-13)20-3/h7-8,11,14H,4-6H2,1-3H3,(H,15,16,17,18). The number of ether oxygens (including phenoxy) is 2. The van der Waals surface area contributed by atoms with E-state index in [1.165, 1.54) is 14.2 Å². The molecule has 0 spiro atoms. The Labute approximate surface area is 118 Å². The first-order valence-electron chi connectivity index (χ1n) is 6.65. The molecule has 2 heterocycles. The molecule has 2 rings (SSSR count). The zero-order chi connectivity index (χ0) is 14.5. The molecule has 7 nitrogen and oxygen atoms in total. The molecule has 0 bridgehead atoms. The van der Waals surface area contributed by atoms with Crippen LogP contribution in [0.4, 0.5) is 5.95 Å². The van der Waals surface area contributed by atoms with Crippen molar-refractivity contribution in [2.24, 2.45) is 5.92 Å². The summed E-state index contributed by atoms with van der Waals surface area (Å²) in [5, 5.41) is 5.92. The van der Waals surface area contributed by atoms with Crippen LogP contribution in [0.5, 0.6) is 11.8 Å². The fraction of sp³-hybridized carbons (Fsp3) is 0.615. The van der Waals surface area contributed by atoms with Crippen LogP contribution in [0.1, 0.15) is 19.8 Å². The Hall–Kier alpha value is -1.89. The minimum Gasteiger partial charge on any atom is -0.481 e. The van der Waals surface area contributed by atoms with Gasteiger partial charge in [-0.25, -0.2) is 0 Å². The van der Waals surface area contributed by atoms with Crippen LogP contribution >= 0.6 is 0 Å². The van der Waals surface area contributed by atoms with E-state index in [0.29, 0.717) is 11.8 Å². The van der Waals surface area contributed by atoms with E-state index in [-0.39, 0.29) is 23.8 Å². The summed E-state index contributed by atoms with van der Waals surface area (Å²) in [6, 6.07) is 1.33. The highest BCUT2D eigenvalue weighted by atomic mass is 16.5. The molecule has 1 amide bonds. The van der Waals surface area contributed by atoms with E-state index in [9.17, 15) is 4.79 Å². The van der Waals surface area contributed by atoms with Gasteiger partial charge in [0.25, 0.3) is 0 Å². The zero-order valence-corrected chi connectivity index (χ0v) is 12.0. The van der Waals surface area contributed by atoms with Crippen molar-refractivity contribution >= 4 is 11.9 Å².